The highest BCUT2D eigenvalue weighted by atomic mass is 32.2. The van der Waals surface area contributed by atoms with E-state index < -0.39 is 15.0 Å². The first-order valence-corrected chi connectivity index (χ1v) is 8.93. The van der Waals surface area contributed by atoms with Crippen LogP contribution in [0.1, 0.15) is 0 Å². The molecule has 0 spiro atoms. The fourth-order valence-corrected chi connectivity index (χ4v) is 2.80. The summed E-state index contributed by atoms with van der Waals surface area (Å²) in [6, 6.07) is 17.1. The number of nitrogens with two attached hydrogens (primary N) is 2. The van der Waals surface area contributed by atoms with E-state index in [1.54, 1.807) is 48.5 Å². The first-order valence-electron chi connectivity index (χ1n) is 7.49. The molecule has 0 heterocycles. The van der Waals surface area contributed by atoms with Gasteiger partial charge >= 0.3 is 0 Å². The molecular weight excluding hydrogens is 356 g/mol. The molecule has 0 bridgehead atoms. The Morgan fingerprint density at radius 3 is 1.65 bits per heavy atom. The third kappa shape index (κ3) is 4.24. The van der Waals surface area contributed by atoms with Crippen molar-refractivity contribution >= 4 is 21.5 Å². The van der Waals surface area contributed by atoms with Gasteiger partial charge in [0.1, 0.15) is 27.9 Å². The van der Waals surface area contributed by atoms with E-state index >= 15 is 0 Å². The molecule has 7 nitrogen and oxygen atoms in total. The highest BCUT2D eigenvalue weighted by molar-refractivity contribution is 7.86. The summed E-state index contributed by atoms with van der Waals surface area (Å²) in [5.74, 6) is 1.01. The van der Waals surface area contributed by atoms with Gasteiger partial charge in [-0.2, -0.15) is 8.42 Å². The summed E-state index contributed by atoms with van der Waals surface area (Å²) in [5.41, 5.74) is 12.3. The molecular formula is C18H16N2O5S. The second-order valence-corrected chi connectivity index (χ2v) is 6.82. The molecule has 0 aliphatic heterocycles. The number of ether oxygens (including phenoxy) is 2. The molecule has 0 atom stereocenters. The monoisotopic (exact) mass is 372 g/mol. The number of nitrogen functional groups attached to an aromatic ring is 2. The first-order chi connectivity index (χ1) is 12.3. The van der Waals surface area contributed by atoms with E-state index in [4.69, 9.17) is 20.9 Å². The van der Waals surface area contributed by atoms with Crippen molar-refractivity contribution in [3.8, 4) is 23.0 Å². The van der Waals surface area contributed by atoms with E-state index in [9.17, 15) is 13.0 Å². The van der Waals surface area contributed by atoms with Gasteiger partial charge in [0, 0.05) is 17.4 Å². The molecule has 0 aromatic heterocycles. The highest BCUT2D eigenvalue weighted by Gasteiger charge is 2.19. The van der Waals surface area contributed by atoms with Crippen LogP contribution in [-0.4, -0.2) is 13.0 Å². The summed E-state index contributed by atoms with van der Waals surface area (Å²) in [5, 5.41) is 0. The first kappa shape index (κ1) is 17.6. The summed E-state index contributed by atoms with van der Waals surface area (Å²) >= 11 is 0. The second-order valence-electron chi connectivity index (χ2n) is 5.43. The van der Waals surface area contributed by atoms with Crippen molar-refractivity contribution in [2.75, 3.05) is 11.5 Å². The maximum absolute atomic E-state index is 11.7. The average molecular weight is 372 g/mol. The van der Waals surface area contributed by atoms with Gasteiger partial charge in [-0.3, -0.25) is 4.55 Å². The van der Waals surface area contributed by atoms with Crippen molar-refractivity contribution in [1.82, 2.24) is 0 Å². The van der Waals surface area contributed by atoms with Crippen molar-refractivity contribution in [3.05, 3.63) is 66.7 Å². The maximum atomic E-state index is 11.7. The van der Waals surface area contributed by atoms with Crippen LogP contribution >= 0.6 is 0 Å². The van der Waals surface area contributed by atoms with Crippen LogP contribution < -0.4 is 20.9 Å². The summed E-state index contributed by atoms with van der Waals surface area (Å²) in [4.78, 5) is -0.415. The average Bonchev–Trinajstić information content (AvgIpc) is 2.59. The molecule has 3 aromatic carbocycles. The molecule has 0 amide bonds. The molecule has 0 aliphatic carbocycles. The van der Waals surface area contributed by atoms with Crippen LogP contribution in [0.15, 0.2) is 71.6 Å². The number of rotatable bonds is 5. The Balaban J connectivity index is 1.93. The third-order valence-corrected chi connectivity index (χ3v) is 4.29. The van der Waals surface area contributed by atoms with Gasteiger partial charge in [0.15, 0.2) is 0 Å². The van der Waals surface area contributed by atoms with Gasteiger partial charge in [-0.15, -0.1) is 0 Å². The zero-order valence-electron chi connectivity index (χ0n) is 13.5. The zero-order chi connectivity index (χ0) is 18.7. The normalized spacial score (nSPS) is 11.1. The van der Waals surface area contributed by atoms with E-state index in [1.807, 2.05) is 0 Å². The van der Waals surface area contributed by atoms with Crippen LogP contribution in [0.3, 0.4) is 0 Å². The maximum Gasteiger partial charge on any atom is 0.298 e. The highest BCUT2D eigenvalue weighted by Crippen LogP contribution is 2.34. The predicted octanol–water partition coefficient (Wildman–Crippen LogP) is 3.68. The van der Waals surface area contributed by atoms with Gasteiger partial charge in [0.2, 0.25) is 0 Å². The lowest BCUT2D eigenvalue weighted by Gasteiger charge is -2.12. The van der Waals surface area contributed by atoms with Crippen molar-refractivity contribution in [3.63, 3.8) is 0 Å². The van der Waals surface area contributed by atoms with Gasteiger partial charge in [-0.05, 0) is 60.7 Å². The number of anilines is 2. The predicted molar refractivity (Wildman–Crippen MR) is 98.1 cm³/mol. The van der Waals surface area contributed by atoms with Crippen LogP contribution in [-0.2, 0) is 10.1 Å². The van der Waals surface area contributed by atoms with E-state index in [-0.39, 0.29) is 11.5 Å². The van der Waals surface area contributed by atoms with Crippen LogP contribution in [0, 0.1) is 0 Å². The summed E-state index contributed by atoms with van der Waals surface area (Å²) in [6.45, 7) is 0. The molecule has 0 saturated heterocycles. The van der Waals surface area contributed by atoms with Crippen molar-refractivity contribution < 1.29 is 22.4 Å². The second kappa shape index (κ2) is 6.95. The molecule has 0 radical (unpaired) electrons. The Hall–Kier alpha value is -3.23. The molecule has 8 heteroatoms. The number of hydrogen-bond acceptors (Lipinski definition) is 6. The van der Waals surface area contributed by atoms with Crippen molar-refractivity contribution in [2.24, 2.45) is 0 Å². The molecule has 134 valence electrons. The van der Waals surface area contributed by atoms with E-state index in [0.717, 1.165) is 0 Å². The van der Waals surface area contributed by atoms with E-state index in [0.29, 0.717) is 22.9 Å². The molecule has 0 saturated carbocycles. The quantitative estimate of drug-likeness (QED) is 0.461. The Labute approximate surface area is 150 Å². The fourth-order valence-electron chi connectivity index (χ4n) is 2.17. The molecule has 0 fully saturated rings. The Morgan fingerprint density at radius 1 is 0.692 bits per heavy atom. The standard InChI is InChI=1S/C18H16N2O5S/c19-12-1-5-14(6-2-12)24-16-9-10-17(18(11-16)26(21,22)23)25-15-7-3-13(20)4-8-15/h1-11H,19-20H2,(H,21,22,23). The Kier molecular flexibility index (Phi) is 4.70. The molecule has 0 unspecified atom stereocenters. The zero-order valence-corrected chi connectivity index (χ0v) is 14.3. The summed E-state index contributed by atoms with van der Waals surface area (Å²) in [7, 11) is -4.53. The molecule has 0 aliphatic rings. The lowest BCUT2D eigenvalue weighted by molar-refractivity contribution is 0.441. The van der Waals surface area contributed by atoms with Gasteiger partial charge in [0.05, 0.1) is 0 Å². The summed E-state index contributed by atoms with van der Waals surface area (Å²) in [6.07, 6.45) is 0. The van der Waals surface area contributed by atoms with Gasteiger partial charge in [-0.25, -0.2) is 0 Å². The Bertz CT molecular complexity index is 1020. The minimum Gasteiger partial charge on any atom is -0.457 e. The van der Waals surface area contributed by atoms with Gasteiger partial charge < -0.3 is 20.9 Å². The number of benzene rings is 3. The van der Waals surface area contributed by atoms with Crippen LogP contribution in [0.25, 0.3) is 0 Å². The summed E-state index contributed by atoms with van der Waals surface area (Å²) < 4.78 is 44.1. The molecule has 5 N–H and O–H groups in total. The van der Waals surface area contributed by atoms with Gasteiger partial charge in [-0.1, -0.05) is 0 Å². The van der Waals surface area contributed by atoms with Crippen molar-refractivity contribution in [2.45, 2.75) is 4.90 Å². The van der Waals surface area contributed by atoms with Crippen LogP contribution in [0.2, 0.25) is 0 Å². The molecule has 3 aromatic rings. The smallest absolute Gasteiger partial charge is 0.298 e. The molecule has 26 heavy (non-hydrogen) atoms. The van der Waals surface area contributed by atoms with Crippen molar-refractivity contribution in [1.29, 1.82) is 0 Å². The minimum atomic E-state index is -4.53. The molecule has 3 rings (SSSR count). The SMILES string of the molecule is Nc1ccc(Oc2ccc(Oc3ccc(N)cc3)c(S(=O)(=O)O)c2)cc1. The van der Waals surface area contributed by atoms with Crippen LogP contribution in [0.4, 0.5) is 11.4 Å². The minimum absolute atomic E-state index is 0.0399. The third-order valence-electron chi connectivity index (χ3n) is 3.42. The number of hydrogen-bond donors (Lipinski definition) is 3. The van der Waals surface area contributed by atoms with Gasteiger partial charge in [0.25, 0.3) is 10.1 Å². The van der Waals surface area contributed by atoms with E-state index in [1.165, 1.54) is 18.2 Å². The largest absolute Gasteiger partial charge is 0.457 e. The lowest BCUT2D eigenvalue weighted by atomic mass is 10.3. The lowest BCUT2D eigenvalue weighted by Crippen LogP contribution is -2.02. The topological polar surface area (TPSA) is 125 Å². The van der Waals surface area contributed by atoms with E-state index in [2.05, 4.69) is 0 Å². The fraction of sp³-hybridized carbons (Fsp3) is 0. The van der Waals surface area contributed by atoms with Crippen LogP contribution in [0.5, 0.6) is 23.0 Å². The Morgan fingerprint density at radius 2 is 1.15 bits per heavy atom.